The molecule has 0 aromatic carbocycles. The van der Waals surface area contributed by atoms with E-state index in [2.05, 4.69) is 6.92 Å². The Kier molecular flexibility index (Phi) is 6.08. The molecule has 0 fully saturated rings. The zero-order valence-electron chi connectivity index (χ0n) is 12.1. The standard InChI is InChI=1S/C15H27O2/c1-7-14(5,8-2)12(16)11-13(17)15(6,9-3)10-4/h1,7-11H2,2-6H3. The summed E-state index contributed by atoms with van der Waals surface area (Å²) in [5.74, 6) is 0.133. The summed E-state index contributed by atoms with van der Waals surface area (Å²) in [6.07, 6.45) is 2.96. The molecule has 0 aromatic rings. The summed E-state index contributed by atoms with van der Waals surface area (Å²) in [4.78, 5) is 24.3. The molecule has 0 saturated carbocycles. The molecule has 0 aliphatic rings. The van der Waals surface area contributed by atoms with Crippen LogP contribution in [0.15, 0.2) is 0 Å². The van der Waals surface area contributed by atoms with E-state index in [-0.39, 0.29) is 23.4 Å². The van der Waals surface area contributed by atoms with Gasteiger partial charge >= 0.3 is 0 Å². The van der Waals surface area contributed by atoms with Gasteiger partial charge in [0.15, 0.2) is 0 Å². The van der Waals surface area contributed by atoms with E-state index >= 15 is 0 Å². The predicted octanol–water partition coefficient (Wildman–Crippen LogP) is 3.98. The first kappa shape index (κ1) is 16.3. The van der Waals surface area contributed by atoms with E-state index in [1.165, 1.54) is 0 Å². The second-order valence-corrected chi connectivity index (χ2v) is 5.46. The minimum Gasteiger partial charge on any atom is -0.299 e. The fourth-order valence-corrected chi connectivity index (χ4v) is 1.73. The van der Waals surface area contributed by atoms with Crippen molar-refractivity contribution < 1.29 is 9.59 Å². The second kappa shape index (κ2) is 6.32. The summed E-state index contributed by atoms with van der Waals surface area (Å²) in [7, 11) is 0. The third-order valence-electron chi connectivity index (χ3n) is 4.56. The van der Waals surface area contributed by atoms with Crippen LogP contribution in [0.2, 0.25) is 0 Å². The topological polar surface area (TPSA) is 34.1 Å². The quantitative estimate of drug-likeness (QED) is 0.600. The fourth-order valence-electron chi connectivity index (χ4n) is 1.73. The van der Waals surface area contributed by atoms with E-state index in [1.54, 1.807) is 0 Å². The molecule has 0 aliphatic heterocycles. The highest BCUT2D eigenvalue weighted by Gasteiger charge is 2.35. The van der Waals surface area contributed by atoms with Crippen molar-refractivity contribution in [3.05, 3.63) is 6.92 Å². The monoisotopic (exact) mass is 239 g/mol. The van der Waals surface area contributed by atoms with Crippen molar-refractivity contribution in [1.82, 2.24) is 0 Å². The Bertz CT molecular complexity index is 243. The van der Waals surface area contributed by atoms with E-state index in [0.717, 1.165) is 19.3 Å². The molecule has 0 bridgehead atoms. The second-order valence-electron chi connectivity index (χ2n) is 5.46. The number of carbonyl (C=O) groups is 2. The summed E-state index contributed by atoms with van der Waals surface area (Å²) in [6, 6.07) is 0. The fraction of sp³-hybridized carbons (Fsp3) is 0.800. The maximum atomic E-state index is 12.2. The molecule has 1 unspecified atom stereocenters. The molecule has 1 radical (unpaired) electrons. The number of ketones is 2. The average molecular weight is 239 g/mol. The van der Waals surface area contributed by atoms with Gasteiger partial charge in [-0.25, -0.2) is 0 Å². The molecule has 0 N–H and O–H groups in total. The third kappa shape index (κ3) is 3.65. The molecule has 0 heterocycles. The summed E-state index contributed by atoms with van der Waals surface area (Å²) >= 11 is 0. The van der Waals surface area contributed by atoms with Crippen LogP contribution >= 0.6 is 0 Å². The van der Waals surface area contributed by atoms with Crippen LogP contribution in [0.4, 0.5) is 0 Å². The van der Waals surface area contributed by atoms with Crippen molar-refractivity contribution in [2.45, 2.75) is 66.7 Å². The van der Waals surface area contributed by atoms with Gasteiger partial charge in [-0.05, 0) is 25.7 Å². The molecule has 0 amide bonds. The number of Topliss-reactive ketones (excluding diaryl/α,β-unsaturated/α-hetero) is 2. The average Bonchev–Trinajstić information content (AvgIpc) is 2.36. The first-order chi connectivity index (χ1) is 7.79. The minimum atomic E-state index is -0.432. The summed E-state index contributed by atoms with van der Waals surface area (Å²) in [5, 5.41) is 0. The van der Waals surface area contributed by atoms with Crippen LogP contribution in [0.5, 0.6) is 0 Å². The molecule has 0 aromatic heterocycles. The van der Waals surface area contributed by atoms with E-state index in [1.807, 2.05) is 34.6 Å². The molecule has 0 saturated heterocycles. The molecule has 0 spiro atoms. The van der Waals surface area contributed by atoms with Crippen LogP contribution in [0.25, 0.3) is 0 Å². The van der Waals surface area contributed by atoms with Gasteiger partial charge in [0.2, 0.25) is 0 Å². The number of carbonyl (C=O) groups excluding carboxylic acids is 2. The van der Waals surface area contributed by atoms with Crippen molar-refractivity contribution in [1.29, 1.82) is 0 Å². The van der Waals surface area contributed by atoms with Crippen molar-refractivity contribution in [3.8, 4) is 0 Å². The Labute approximate surface area is 106 Å². The highest BCUT2D eigenvalue weighted by atomic mass is 16.2. The Morgan fingerprint density at radius 3 is 1.53 bits per heavy atom. The summed E-state index contributed by atoms with van der Waals surface area (Å²) < 4.78 is 0. The van der Waals surface area contributed by atoms with Crippen LogP contribution in [-0.4, -0.2) is 11.6 Å². The first-order valence-electron chi connectivity index (χ1n) is 6.65. The van der Waals surface area contributed by atoms with E-state index in [4.69, 9.17) is 0 Å². The largest absolute Gasteiger partial charge is 0.299 e. The smallest absolute Gasteiger partial charge is 0.146 e. The lowest BCUT2D eigenvalue weighted by Crippen LogP contribution is -2.34. The normalized spacial score (nSPS) is 12.6. The van der Waals surface area contributed by atoms with E-state index in [9.17, 15) is 9.59 Å². The minimum absolute atomic E-state index is 0.0492. The van der Waals surface area contributed by atoms with Crippen molar-refractivity contribution >= 4 is 11.6 Å². The van der Waals surface area contributed by atoms with Gasteiger partial charge in [-0.3, -0.25) is 9.59 Å². The zero-order valence-corrected chi connectivity index (χ0v) is 12.1. The summed E-state index contributed by atoms with van der Waals surface area (Å²) in [5.41, 5.74) is -0.774. The number of hydrogen-bond donors (Lipinski definition) is 0. The highest BCUT2D eigenvalue weighted by molar-refractivity contribution is 6.03. The van der Waals surface area contributed by atoms with Crippen molar-refractivity contribution in [3.63, 3.8) is 0 Å². The molecule has 0 rings (SSSR count). The molecule has 17 heavy (non-hydrogen) atoms. The van der Waals surface area contributed by atoms with E-state index in [0.29, 0.717) is 6.42 Å². The first-order valence-corrected chi connectivity index (χ1v) is 6.65. The molecule has 2 heteroatoms. The highest BCUT2D eigenvalue weighted by Crippen LogP contribution is 2.32. The molecule has 2 nitrogen and oxygen atoms in total. The van der Waals surface area contributed by atoms with Crippen LogP contribution < -0.4 is 0 Å². The molecular weight excluding hydrogens is 212 g/mol. The maximum absolute atomic E-state index is 12.2. The van der Waals surface area contributed by atoms with Gasteiger partial charge in [0.05, 0.1) is 6.42 Å². The number of rotatable bonds is 8. The Balaban J connectivity index is 4.76. The van der Waals surface area contributed by atoms with Gasteiger partial charge in [0.1, 0.15) is 11.6 Å². The summed E-state index contributed by atoms with van der Waals surface area (Å²) in [6.45, 7) is 13.7. The molecule has 0 aliphatic carbocycles. The van der Waals surface area contributed by atoms with Crippen LogP contribution in [0.3, 0.4) is 0 Å². The maximum Gasteiger partial charge on any atom is 0.146 e. The van der Waals surface area contributed by atoms with Gasteiger partial charge in [0, 0.05) is 10.8 Å². The Hall–Kier alpha value is -0.660. The lowest BCUT2D eigenvalue weighted by Gasteiger charge is -2.29. The van der Waals surface area contributed by atoms with Crippen molar-refractivity contribution in [2.75, 3.05) is 0 Å². The molecular formula is C15H27O2. The van der Waals surface area contributed by atoms with Crippen LogP contribution in [0, 0.1) is 17.8 Å². The van der Waals surface area contributed by atoms with Gasteiger partial charge < -0.3 is 0 Å². The third-order valence-corrected chi connectivity index (χ3v) is 4.56. The SMILES string of the molecule is [CH2]CC(C)(CC)C(=O)CC(=O)C(C)(CC)CC. The Morgan fingerprint density at radius 1 is 0.882 bits per heavy atom. The molecule has 99 valence electrons. The Morgan fingerprint density at radius 2 is 1.24 bits per heavy atom. The molecule has 1 atom stereocenters. The number of hydrogen-bond acceptors (Lipinski definition) is 2. The van der Waals surface area contributed by atoms with Crippen molar-refractivity contribution in [2.24, 2.45) is 10.8 Å². The van der Waals surface area contributed by atoms with Gasteiger partial charge in [-0.1, -0.05) is 41.5 Å². The zero-order chi connectivity index (χ0) is 13.7. The van der Waals surface area contributed by atoms with Gasteiger partial charge in [0.25, 0.3) is 0 Å². The van der Waals surface area contributed by atoms with E-state index < -0.39 is 5.41 Å². The van der Waals surface area contributed by atoms with Gasteiger partial charge in [-0.15, -0.1) is 0 Å². The van der Waals surface area contributed by atoms with Crippen LogP contribution in [-0.2, 0) is 9.59 Å². The van der Waals surface area contributed by atoms with Crippen LogP contribution in [0.1, 0.15) is 66.7 Å². The lowest BCUT2D eigenvalue weighted by molar-refractivity contribution is -0.137. The van der Waals surface area contributed by atoms with Gasteiger partial charge in [-0.2, -0.15) is 0 Å². The predicted molar refractivity (Wildman–Crippen MR) is 71.7 cm³/mol. The lowest BCUT2D eigenvalue weighted by atomic mass is 9.73.